The first kappa shape index (κ1) is 21.8. The van der Waals surface area contributed by atoms with Gasteiger partial charge < -0.3 is 0 Å². The zero-order valence-electron chi connectivity index (χ0n) is 16.4. The fourth-order valence-corrected chi connectivity index (χ4v) is 20.7. The summed E-state index contributed by atoms with van der Waals surface area (Å²) in [6, 6.07) is 0. The zero-order valence-corrected chi connectivity index (χ0v) is 21.9. The Kier molecular flexibility index (Phi) is 7.12. The fourth-order valence-electron chi connectivity index (χ4n) is 3.08. The van der Waals surface area contributed by atoms with Gasteiger partial charge in [0, 0.05) is 0 Å². The van der Waals surface area contributed by atoms with Crippen molar-refractivity contribution in [2.24, 2.45) is 0 Å². The maximum atomic E-state index is 13.8. The Hall–Kier alpha value is 0.716. The molecule has 3 nitrogen and oxygen atoms in total. The van der Waals surface area contributed by atoms with Crippen LogP contribution in [0.3, 0.4) is 0 Å². The first-order valence-corrected chi connectivity index (χ1v) is 16.0. The van der Waals surface area contributed by atoms with Crippen LogP contribution in [0.2, 0.25) is 0 Å². The molecule has 0 radical (unpaired) electrons. The molecule has 134 valence electrons. The van der Waals surface area contributed by atoms with Gasteiger partial charge in [0.05, 0.1) is 0 Å². The van der Waals surface area contributed by atoms with Gasteiger partial charge in [0.1, 0.15) is 0 Å². The maximum absolute atomic E-state index is 13.8. The van der Waals surface area contributed by atoms with Crippen LogP contribution in [0.25, 0.3) is 0 Å². The molecule has 6 heteroatoms. The van der Waals surface area contributed by atoms with Crippen LogP contribution in [0.4, 0.5) is 3.50 Å². The number of hydrogen-bond acceptors (Lipinski definition) is 3. The molecule has 1 aliphatic carbocycles. The number of hydrogen-bond donors (Lipinski definition) is 3. The van der Waals surface area contributed by atoms with Gasteiger partial charge in [0.15, 0.2) is 0 Å². The summed E-state index contributed by atoms with van der Waals surface area (Å²) in [6.07, 6.45) is 5.07. The van der Waals surface area contributed by atoms with Gasteiger partial charge in [-0.25, -0.2) is 0 Å². The molecule has 0 aromatic rings. The van der Waals surface area contributed by atoms with Crippen LogP contribution in [0, 0.1) is 0 Å². The second-order valence-electron chi connectivity index (χ2n) is 9.62. The Balaban J connectivity index is 3.45. The second kappa shape index (κ2) is 7.53. The van der Waals surface area contributed by atoms with E-state index in [0.717, 1.165) is 10.8 Å². The molecule has 0 atom stereocenters. The SMILES string of the molecule is CC(C)(C)[NH][Zr]([NH]C(C)(C)C)([NH]C(C)(C)C)[C]1=[C]([GeH2][F])C=CC1. The summed E-state index contributed by atoms with van der Waals surface area (Å²) in [5.41, 5.74) is -0.0935. The topological polar surface area (TPSA) is 36.1 Å². The minimum atomic E-state index is -3.43. The Bertz CT molecular complexity index is 441. The third-order valence-corrected chi connectivity index (χ3v) is 18.9. The molecule has 0 heterocycles. The van der Waals surface area contributed by atoms with Gasteiger partial charge in [0.25, 0.3) is 0 Å². The Morgan fingerprint density at radius 1 is 0.870 bits per heavy atom. The standard InChI is InChI=1S/C5H6FGe.3C4H10N.Zr/c6-7-5-3-1-2-4-5;3*1-4(2,3)5;/h1,3H,2,7H2;3*5H,1-3H3;/q;3*-1;+3. The van der Waals surface area contributed by atoms with E-state index >= 15 is 0 Å². The molecular formula is C17H36FGeN3Zr. The average molecular weight is 465 g/mol. The van der Waals surface area contributed by atoms with Gasteiger partial charge >= 0.3 is 156 Å². The monoisotopic (exact) mass is 465 g/mol. The van der Waals surface area contributed by atoms with Crippen molar-refractivity contribution in [3.63, 3.8) is 0 Å². The van der Waals surface area contributed by atoms with Crippen LogP contribution < -0.4 is 9.78 Å². The third kappa shape index (κ3) is 7.23. The summed E-state index contributed by atoms with van der Waals surface area (Å²) < 4.78 is 28.0. The first-order valence-electron chi connectivity index (χ1n) is 8.50. The predicted octanol–water partition coefficient (Wildman–Crippen LogP) is 3.27. The molecule has 1 rings (SSSR count). The van der Waals surface area contributed by atoms with Crippen molar-refractivity contribution >= 4 is 15.9 Å². The molecule has 0 aromatic heterocycles. The molecule has 3 N–H and O–H groups in total. The summed E-state index contributed by atoms with van der Waals surface area (Å²) in [7, 11) is 0. The molecule has 0 fully saturated rings. The molecule has 0 aliphatic heterocycles. The van der Waals surface area contributed by atoms with Crippen LogP contribution >= 0.6 is 0 Å². The summed E-state index contributed by atoms with van der Waals surface area (Å²) in [5, 5.41) is 0. The van der Waals surface area contributed by atoms with Crippen LogP contribution in [0.15, 0.2) is 19.8 Å². The van der Waals surface area contributed by atoms with Crippen molar-refractivity contribution in [2.45, 2.75) is 85.4 Å². The quantitative estimate of drug-likeness (QED) is 0.546. The van der Waals surface area contributed by atoms with E-state index in [1.54, 1.807) is 0 Å². The molecule has 23 heavy (non-hydrogen) atoms. The van der Waals surface area contributed by atoms with Gasteiger partial charge in [-0.15, -0.1) is 0 Å². The van der Waals surface area contributed by atoms with E-state index in [2.05, 4.69) is 78.2 Å². The average Bonchev–Trinajstić information content (AvgIpc) is 2.69. The van der Waals surface area contributed by atoms with Gasteiger partial charge in [-0.05, 0) is 0 Å². The van der Waals surface area contributed by atoms with Crippen molar-refractivity contribution < 1.29 is 24.6 Å². The van der Waals surface area contributed by atoms with E-state index in [-0.39, 0.29) is 16.6 Å². The Labute approximate surface area is 154 Å². The second-order valence-corrected chi connectivity index (χ2v) is 18.8. The van der Waals surface area contributed by atoms with Gasteiger partial charge in [0.2, 0.25) is 0 Å². The molecule has 0 aromatic carbocycles. The number of allylic oxidation sites excluding steroid dienone is 4. The Morgan fingerprint density at radius 3 is 1.57 bits per heavy atom. The van der Waals surface area contributed by atoms with E-state index < -0.39 is 37.0 Å². The number of rotatable bonds is 5. The number of nitrogens with one attached hydrogen (secondary N) is 3. The van der Waals surface area contributed by atoms with E-state index in [9.17, 15) is 3.50 Å². The molecule has 0 saturated carbocycles. The summed E-state index contributed by atoms with van der Waals surface area (Å²) >= 11 is -5.55. The first-order chi connectivity index (χ1) is 10.2. The molecule has 0 saturated heterocycles. The van der Waals surface area contributed by atoms with Crippen molar-refractivity contribution in [1.82, 2.24) is 9.78 Å². The number of halogens is 1. The van der Waals surface area contributed by atoms with Gasteiger partial charge in [-0.2, -0.15) is 0 Å². The summed E-state index contributed by atoms with van der Waals surface area (Å²) in [5.74, 6) is 0. The van der Waals surface area contributed by atoms with Crippen molar-refractivity contribution in [2.75, 3.05) is 0 Å². The van der Waals surface area contributed by atoms with E-state index in [1.165, 1.54) is 3.28 Å². The van der Waals surface area contributed by atoms with Gasteiger partial charge in [-0.1, -0.05) is 0 Å². The third-order valence-electron chi connectivity index (χ3n) is 3.31. The van der Waals surface area contributed by atoms with Gasteiger partial charge in [-0.3, -0.25) is 0 Å². The molecule has 0 unspecified atom stereocenters. The predicted molar refractivity (Wildman–Crippen MR) is 99.1 cm³/mol. The summed E-state index contributed by atoms with van der Waals surface area (Å²) in [4.78, 5) is 0. The van der Waals surface area contributed by atoms with Crippen LogP contribution in [-0.4, -0.2) is 32.5 Å². The molecule has 0 bridgehead atoms. The van der Waals surface area contributed by atoms with Crippen LogP contribution in [0.1, 0.15) is 68.7 Å². The Morgan fingerprint density at radius 2 is 1.26 bits per heavy atom. The molecular weight excluding hydrogens is 429 g/mol. The van der Waals surface area contributed by atoms with Crippen LogP contribution in [0.5, 0.6) is 0 Å². The molecule has 0 amide bonds. The minimum absolute atomic E-state index is 0.0312. The van der Waals surface area contributed by atoms with E-state index in [0.29, 0.717) is 0 Å². The van der Waals surface area contributed by atoms with Crippen molar-refractivity contribution in [3.8, 4) is 0 Å². The zero-order chi connectivity index (χ0) is 18.1. The fraction of sp³-hybridized carbons (Fsp3) is 0.765. The van der Waals surface area contributed by atoms with Crippen molar-refractivity contribution in [3.05, 3.63) is 19.8 Å². The van der Waals surface area contributed by atoms with E-state index in [1.807, 2.05) is 6.08 Å². The summed E-state index contributed by atoms with van der Waals surface area (Å²) in [6.45, 7) is 19.8. The molecule has 1 aliphatic rings. The normalized spacial score (nSPS) is 17.8. The van der Waals surface area contributed by atoms with Crippen LogP contribution in [-0.2, 0) is 21.1 Å². The van der Waals surface area contributed by atoms with Crippen molar-refractivity contribution in [1.29, 1.82) is 0 Å². The van der Waals surface area contributed by atoms with E-state index in [4.69, 9.17) is 0 Å². The molecule has 0 spiro atoms.